The number of rotatable bonds is 2. The second-order valence-corrected chi connectivity index (χ2v) is 5.67. The van der Waals surface area contributed by atoms with Gasteiger partial charge in [-0.1, -0.05) is 6.07 Å². The van der Waals surface area contributed by atoms with E-state index in [-0.39, 0.29) is 5.91 Å². The van der Waals surface area contributed by atoms with Crippen LogP contribution in [0.4, 0.5) is 5.69 Å². The van der Waals surface area contributed by atoms with E-state index in [1.165, 1.54) is 9.13 Å². The standard InChI is InChI=1S/C12H14INOS/c1-8-10(13)3-2-4-11(8)14-6-9(7-16)5-12(14)15/h2-4,9,16H,5-7H2,1H3. The quantitative estimate of drug-likeness (QED) is 0.644. The van der Waals surface area contributed by atoms with Crippen LogP contribution in [0.25, 0.3) is 0 Å². The second-order valence-electron chi connectivity index (χ2n) is 4.14. The first-order chi connectivity index (χ1) is 7.63. The zero-order chi connectivity index (χ0) is 11.7. The van der Waals surface area contributed by atoms with E-state index < -0.39 is 0 Å². The highest BCUT2D eigenvalue weighted by Crippen LogP contribution is 2.30. The molecule has 16 heavy (non-hydrogen) atoms. The van der Waals surface area contributed by atoms with Crippen molar-refractivity contribution in [2.24, 2.45) is 5.92 Å². The lowest BCUT2D eigenvalue weighted by molar-refractivity contribution is -0.117. The number of benzene rings is 1. The summed E-state index contributed by atoms with van der Waals surface area (Å²) in [5, 5.41) is 0. The van der Waals surface area contributed by atoms with Crippen LogP contribution < -0.4 is 4.90 Å². The molecule has 1 unspecified atom stereocenters. The van der Waals surface area contributed by atoms with E-state index in [2.05, 4.69) is 48.2 Å². The van der Waals surface area contributed by atoms with Gasteiger partial charge in [0.05, 0.1) is 0 Å². The van der Waals surface area contributed by atoms with Crippen LogP contribution in [-0.4, -0.2) is 18.2 Å². The van der Waals surface area contributed by atoms with Gasteiger partial charge in [0, 0.05) is 22.2 Å². The van der Waals surface area contributed by atoms with Crippen LogP contribution in [0.15, 0.2) is 18.2 Å². The number of thiol groups is 1. The Morgan fingerprint density at radius 3 is 2.94 bits per heavy atom. The van der Waals surface area contributed by atoms with Crippen LogP contribution in [-0.2, 0) is 4.79 Å². The zero-order valence-electron chi connectivity index (χ0n) is 9.11. The highest BCUT2D eigenvalue weighted by Gasteiger charge is 2.30. The Morgan fingerprint density at radius 1 is 1.56 bits per heavy atom. The molecular formula is C12H14INOS. The van der Waals surface area contributed by atoms with Crippen molar-refractivity contribution in [3.63, 3.8) is 0 Å². The highest BCUT2D eigenvalue weighted by molar-refractivity contribution is 14.1. The molecule has 1 aliphatic rings. The zero-order valence-corrected chi connectivity index (χ0v) is 12.2. The van der Waals surface area contributed by atoms with Crippen molar-refractivity contribution in [1.82, 2.24) is 0 Å². The summed E-state index contributed by atoms with van der Waals surface area (Å²) in [7, 11) is 0. The molecule has 0 aliphatic carbocycles. The number of nitrogens with zero attached hydrogens (tertiary/aromatic N) is 1. The molecule has 1 aromatic carbocycles. The molecule has 1 fully saturated rings. The van der Waals surface area contributed by atoms with Crippen molar-refractivity contribution in [2.75, 3.05) is 17.2 Å². The van der Waals surface area contributed by atoms with Gasteiger partial charge in [0.15, 0.2) is 0 Å². The maximum Gasteiger partial charge on any atom is 0.227 e. The summed E-state index contributed by atoms with van der Waals surface area (Å²) in [6.07, 6.45) is 0.633. The molecule has 1 amide bonds. The minimum absolute atomic E-state index is 0.226. The molecule has 1 aliphatic heterocycles. The van der Waals surface area contributed by atoms with E-state index in [4.69, 9.17) is 0 Å². The lowest BCUT2D eigenvalue weighted by atomic mass is 10.1. The largest absolute Gasteiger partial charge is 0.312 e. The normalized spacial score (nSPS) is 20.6. The third-order valence-corrected chi connectivity index (χ3v) is 4.68. The van der Waals surface area contributed by atoms with Gasteiger partial charge >= 0.3 is 0 Å². The molecule has 1 atom stereocenters. The fourth-order valence-electron chi connectivity index (χ4n) is 2.03. The number of carbonyl (C=O) groups excluding carboxylic acids is 1. The Bertz CT molecular complexity index is 421. The van der Waals surface area contributed by atoms with Gasteiger partial charge in [-0.25, -0.2) is 0 Å². The van der Waals surface area contributed by atoms with Crippen molar-refractivity contribution in [2.45, 2.75) is 13.3 Å². The van der Waals surface area contributed by atoms with Crippen LogP contribution in [0.2, 0.25) is 0 Å². The number of anilines is 1. The molecule has 2 nitrogen and oxygen atoms in total. The number of halogens is 1. The van der Waals surface area contributed by atoms with Crippen molar-refractivity contribution in [3.8, 4) is 0 Å². The summed E-state index contributed by atoms with van der Waals surface area (Å²) in [5.74, 6) is 1.41. The number of hydrogen-bond acceptors (Lipinski definition) is 2. The predicted molar refractivity (Wildman–Crippen MR) is 78.2 cm³/mol. The number of carbonyl (C=O) groups is 1. The molecule has 1 heterocycles. The smallest absolute Gasteiger partial charge is 0.227 e. The molecule has 2 rings (SSSR count). The molecule has 0 bridgehead atoms. The van der Waals surface area contributed by atoms with Crippen LogP contribution in [0, 0.1) is 16.4 Å². The summed E-state index contributed by atoms with van der Waals surface area (Å²) >= 11 is 6.58. The van der Waals surface area contributed by atoms with Crippen LogP contribution in [0.5, 0.6) is 0 Å². The van der Waals surface area contributed by atoms with E-state index in [1.54, 1.807) is 0 Å². The van der Waals surface area contributed by atoms with Gasteiger partial charge in [0.25, 0.3) is 0 Å². The summed E-state index contributed by atoms with van der Waals surface area (Å²) in [4.78, 5) is 13.8. The van der Waals surface area contributed by atoms with Crippen LogP contribution in [0.1, 0.15) is 12.0 Å². The third kappa shape index (κ3) is 2.22. The van der Waals surface area contributed by atoms with Gasteiger partial charge in [-0.15, -0.1) is 0 Å². The Hall–Kier alpha value is -0.230. The minimum atomic E-state index is 0.226. The maximum absolute atomic E-state index is 11.9. The molecule has 0 saturated carbocycles. The monoisotopic (exact) mass is 347 g/mol. The average molecular weight is 347 g/mol. The fourth-order valence-corrected chi connectivity index (χ4v) is 2.75. The first-order valence-electron chi connectivity index (χ1n) is 5.30. The molecular weight excluding hydrogens is 333 g/mol. The summed E-state index contributed by atoms with van der Waals surface area (Å²) in [6, 6.07) is 6.09. The molecule has 0 N–H and O–H groups in total. The first kappa shape index (κ1) is 12.2. The van der Waals surface area contributed by atoms with E-state index >= 15 is 0 Å². The summed E-state index contributed by atoms with van der Waals surface area (Å²) in [6.45, 7) is 2.88. The van der Waals surface area contributed by atoms with E-state index in [0.717, 1.165) is 18.0 Å². The van der Waals surface area contributed by atoms with Crippen LogP contribution >= 0.6 is 35.2 Å². The molecule has 86 valence electrons. The molecule has 4 heteroatoms. The minimum Gasteiger partial charge on any atom is -0.312 e. The lowest BCUT2D eigenvalue weighted by Gasteiger charge is -2.19. The average Bonchev–Trinajstić information content (AvgIpc) is 2.64. The SMILES string of the molecule is Cc1c(I)cccc1N1CC(CS)CC1=O. The predicted octanol–water partition coefficient (Wildman–Crippen LogP) is 2.88. The fraction of sp³-hybridized carbons (Fsp3) is 0.417. The van der Waals surface area contributed by atoms with Crippen molar-refractivity contribution >= 4 is 46.8 Å². The van der Waals surface area contributed by atoms with Gasteiger partial charge in [-0.3, -0.25) is 4.79 Å². The Labute approximate surface area is 115 Å². The first-order valence-corrected chi connectivity index (χ1v) is 7.01. The van der Waals surface area contributed by atoms with Gasteiger partial charge in [0.1, 0.15) is 0 Å². The Kier molecular flexibility index (Phi) is 3.79. The Balaban J connectivity index is 2.31. The van der Waals surface area contributed by atoms with Gasteiger partial charge in [-0.05, 0) is 58.9 Å². The van der Waals surface area contributed by atoms with Crippen LogP contribution in [0.3, 0.4) is 0 Å². The van der Waals surface area contributed by atoms with Gasteiger partial charge in [-0.2, -0.15) is 12.6 Å². The summed E-state index contributed by atoms with van der Waals surface area (Å²) in [5.41, 5.74) is 2.25. The highest BCUT2D eigenvalue weighted by atomic mass is 127. The topological polar surface area (TPSA) is 20.3 Å². The van der Waals surface area contributed by atoms with Gasteiger partial charge in [0.2, 0.25) is 5.91 Å². The number of hydrogen-bond donors (Lipinski definition) is 1. The van der Waals surface area contributed by atoms with Crippen molar-refractivity contribution in [1.29, 1.82) is 0 Å². The number of amides is 1. The van der Waals surface area contributed by atoms with E-state index in [0.29, 0.717) is 12.3 Å². The molecule has 0 aromatic heterocycles. The molecule has 0 radical (unpaired) electrons. The third-order valence-electron chi connectivity index (χ3n) is 2.99. The Morgan fingerprint density at radius 2 is 2.31 bits per heavy atom. The molecule has 0 spiro atoms. The molecule has 1 aromatic rings. The van der Waals surface area contributed by atoms with Crippen molar-refractivity contribution in [3.05, 3.63) is 27.3 Å². The van der Waals surface area contributed by atoms with E-state index in [9.17, 15) is 4.79 Å². The summed E-state index contributed by atoms with van der Waals surface area (Å²) < 4.78 is 1.21. The van der Waals surface area contributed by atoms with Gasteiger partial charge < -0.3 is 4.90 Å². The van der Waals surface area contributed by atoms with E-state index in [1.807, 2.05) is 17.0 Å². The molecule has 1 saturated heterocycles. The van der Waals surface area contributed by atoms with Crippen molar-refractivity contribution < 1.29 is 4.79 Å². The second kappa shape index (κ2) is 4.96. The lowest BCUT2D eigenvalue weighted by Crippen LogP contribution is -2.25. The maximum atomic E-state index is 11.9.